The van der Waals surface area contributed by atoms with E-state index in [0.29, 0.717) is 51.4 Å². The number of ether oxygens (including phenoxy) is 2. The van der Waals surface area contributed by atoms with E-state index in [-0.39, 0.29) is 17.8 Å². The second-order valence-corrected chi connectivity index (χ2v) is 8.70. The highest BCUT2D eigenvalue weighted by Gasteiger charge is 2.43. The quantitative estimate of drug-likeness (QED) is 0.657. The lowest BCUT2D eigenvalue weighted by molar-refractivity contribution is -0.140. The highest BCUT2D eigenvalue weighted by Crippen LogP contribution is 2.38. The second kappa shape index (κ2) is 9.88. The van der Waals surface area contributed by atoms with Crippen LogP contribution in [0.5, 0.6) is 0 Å². The van der Waals surface area contributed by atoms with Crippen molar-refractivity contribution in [1.82, 2.24) is 5.32 Å². The molecule has 1 aromatic rings. The van der Waals surface area contributed by atoms with E-state index in [0.717, 1.165) is 43.8 Å². The summed E-state index contributed by atoms with van der Waals surface area (Å²) >= 11 is 0. The van der Waals surface area contributed by atoms with Crippen LogP contribution >= 0.6 is 0 Å². The van der Waals surface area contributed by atoms with E-state index in [1.54, 1.807) is 6.07 Å². The molecule has 1 N–H and O–H groups in total. The molecule has 3 aliphatic heterocycles. The average molecular weight is 419 g/mol. The molecule has 164 valence electrons. The topological polar surface area (TPSA) is 69.2 Å². The lowest BCUT2D eigenvalue weighted by atomic mass is 9.74. The number of amides is 1. The first-order valence-electron chi connectivity index (χ1n) is 11.1. The first kappa shape index (κ1) is 21.2. The van der Waals surface area contributed by atoms with Crippen molar-refractivity contribution < 1.29 is 23.5 Å². The maximum absolute atomic E-state index is 13.5. The van der Waals surface area contributed by atoms with Crippen LogP contribution in [0.4, 0.5) is 4.39 Å². The zero-order valence-corrected chi connectivity index (χ0v) is 17.4. The average Bonchev–Trinajstić information content (AvgIpc) is 3.44. The number of nitrogens with zero attached hydrogens (tertiary/aromatic N) is 1. The lowest BCUT2D eigenvalue weighted by Gasteiger charge is -2.37. The molecule has 0 saturated carbocycles. The molecule has 0 bridgehead atoms. The third-order valence-corrected chi connectivity index (χ3v) is 6.54. The van der Waals surface area contributed by atoms with E-state index < -0.39 is 5.41 Å². The van der Waals surface area contributed by atoms with Gasteiger partial charge in [-0.3, -0.25) is 4.79 Å². The summed E-state index contributed by atoms with van der Waals surface area (Å²) in [6.07, 6.45) is 5.56. The van der Waals surface area contributed by atoms with Crippen molar-refractivity contribution in [1.29, 1.82) is 0 Å². The van der Waals surface area contributed by atoms with Gasteiger partial charge in [0.1, 0.15) is 11.9 Å². The van der Waals surface area contributed by atoms with Gasteiger partial charge in [-0.2, -0.15) is 0 Å². The standard InChI is InChI=1S/C23H31FN2O4/c24-19-5-1-4-18(13-19)21-14-20(30-26-21)15-23(7-11-28-12-8-23)22(27)25-9-2-3-17-6-10-29-16-17/h1,4-5,13,17,20H,2-3,6-12,14-16H2,(H,25,27)/t17-,20-/m0/s1. The summed E-state index contributed by atoms with van der Waals surface area (Å²) in [5, 5.41) is 7.34. The van der Waals surface area contributed by atoms with Crippen molar-refractivity contribution in [3.8, 4) is 0 Å². The van der Waals surface area contributed by atoms with Crippen LogP contribution in [-0.2, 0) is 19.1 Å². The zero-order valence-electron chi connectivity index (χ0n) is 17.4. The Morgan fingerprint density at radius 3 is 2.87 bits per heavy atom. The molecule has 7 heteroatoms. The number of hydrogen-bond donors (Lipinski definition) is 1. The molecule has 6 nitrogen and oxygen atoms in total. The summed E-state index contributed by atoms with van der Waals surface area (Å²) in [4.78, 5) is 18.8. The van der Waals surface area contributed by atoms with Gasteiger partial charge < -0.3 is 19.6 Å². The van der Waals surface area contributed by atoms with Crippen LogP contribution in [0.2, 0.25) is 0 Å². The molecule has 0 unspecified atom stereocenters. The molecule has 1 aromatic carbocycles. The highest BCUT2D eigenvalue weighted by atomic mass is 19.1. The Morgan fingerprint density at radius 2 is 2.10 bits per heavy atom. The van der Waals surface area contributed by atoms with Gasteiger partial charge in [-0.1, -0.05) is 17.3 Å². The number of halogens is 1. The number of rotatable bonds is 8. The summed E-state index contributed by atoms with van der Waals surface area (Å²) in [5.74, 6) is 0.434. The van der Waals surface area contributed by atoms with Crippen LogP contribution in [0.1, 0.15) is 50.5 Å². The smallest absolute Gasteiger partial charge is 0.226 e. The summed E-state index contributed by atoms with van der Waals surface area (Å²) in [6, 6.07) is 6.39. The van der Waals surface area contributed by atoms with Crippen LogP contribution in [0, 0.1) is 17.2 Å². The summed E-state index contributed by atoms with van der Waals surface area (Å²) in [6.45, 7) is 3.56. The molecule has 30 heavy (non-hydrogen) atoms. The summed E-state index contributed by atoms with van der Waals surface area (Å²) in [7, 11) is 0. The Balaban J connectivity index is 1.31. The van der Waals surface area contributed by atoms with E-state index >= 15 is 0 Å². The van der Waals surface area contributed by atoms with Gasteiger partial charge >= 0.3 is 0 Å². The molecule has 3 aliphatic rings. The minimum atomic E-state index is -0.494. The maximum Gasteiger partial charge on any atom is 0.226 e. The number of carbonyl (C=O) groups excluding carboxylic acids is 1. The number of oxime groups is 1. The van der Waals surface area contributed by atoms with Gasteiger partial charge in [0.05, 0.1) is 11.1 Å². The molecule has 2 saturated heterocycles. The fraction of sp³-hybridized carbons (Fsp3) is 0.652. The fourth-order valence-electron chi connectivity index (χ4n) is 4.69. The zero-order chi connectivity index (χ0) is 20.8. The fourth-order valence-corrected chi connectivity index (χ4v) is 4.69. The van der Waals surface area contributed by atoms with Crippen LogP contribution in [-0.4, -0.2) is 50.7 Å². The molecule has 0 aromatic heterocycles. The Morgan fingerprint density at radius 1 is 1.23 bits per heavy atom. The Hall–Kier alpha value is -1.99. The third kappa shape index (κ3) is 5.19. The second-order valence-electron chi connectivity index (χ2n) is 8.70. The normalized spacial score (nSPS) is 25.6. The van der Waals surface area contributed by atoms with Crippen molar-refractivity contribution in [2.75, 3.05) is 33.0 Å². The molecule has 0 aliphatic carbocycles. The van der Waals surface area contributed by atoms with Crippen LogP contribution < -0.4 is 5.32 Å². The molecule has 0 spiro atoms. The van der Waals surface area contributed by atoms with Gasteiger partial charge in [0, 0.05) is 51.4 Å². The predicted molar refractivity (Wildman–Crippen MR) is 111 cm³/mol. The van der Waals surface area contributed by atoms with Gasteiger partial charge in [0.15, 0.2) is 0 Å². The molecule has 1 amide bonds. The third-order valence-electron chi connectivity index (χ3n) is 6.54. The monoisotopic (exact) mass is 418 g/mol. The maximum atomic E-state index is 13.5. The Bertz CT molecular complexity index is 757. The Labute approximate surface area is 177 Å². The molecule has 0 radical (unpaired) electrons. The molecule has 3 heterocycles. The van der Waals surface area contributed by atoms with Crippen molar-refractivity contribution in [3.05, 3.63) is 35.6 Å². The largest absolute Gasteiger partial charge is 0.392 e. The molecule has 4 rings (SSSR count). The molecule has 2 fully saturated rings. The SMILES string of the molecule is O=C(NCCC[C@H]1CCOC1)C1(C[C@@H]2CC(c3cccc(F)c3)=NO2)CCOCC1. The molecular formula is C23H31FN2O4. The van der Waals surface area contributed by atoms with E-state index in [1.165, 1.54) is 12.1 Å². The summed E-state index contributed by atoms with van der Waals surface area (Å²) in [5.41, 5.74) is 0.978. The Kier molecular flexibility index (Phi) is 7.00. The van der Waals surface area contributed by atoms with Crippen molar-refractivity contribution >= 4 is 11.6 Å². The summed E-state index contributed by atoms with van der Waals surface area (Å²) < 4.78 is 24.5. The van der Waals surface area contributed by atoms with Crippen molar-refractivity contribution in [3.63, 3.8) is 0 Å². The van der Waals surface area contributed by atoms with Crippen LogP contribution in [0.15, 0.2) is 29.4 Å². The number of carbonyl (C=O) groups is 1. The van der Waals surface area contributed by atoms with E-state index in [1.807, 2.05) is 6.07 Å². The van der Waals surface area contributed by atoms with Crippen molar-refractivity contribution in [2.45, 2.75) is 51.0 Å². The van der Waals surface area contributed by atoms with E-state index in [4.69, 9.17) is 14.3 Å². The van der Waals surface area contributed by atoms with Crippen molar-refractivity contribution in [2.24, 2.45) is 16.5 Å². The van der Waals surface area contributed by atoms with E-state index in [2.05, 4.69) is 10.5 Å². The highest BCUT2D eigenvalue weighted by molar-refractivity contribution is 6.01. The van der Waals surface area contributed by atoms with Gasteiger partial charge in [-0.25, -0.2) is 4.39 Å². The minimum Gasteiger partial charge on any atom is -0.392 e. The predicted octanol–water partition coefficient (Wildman–Crippen LogP) is 3.44. The van der Waals surface area contributed by atoms with E-state index in [9.17, 15) is 9.18 Å². The van der Waals surface area contributed by atoms with Gasteiger partial charge in [-0.15, -0.1) is 0 Å². The van der Waals surface area contributed by atoms with Gasteiger partial charge in [0.25, 0.3) is 0 Å². The lowest BCUT2D eigenvalue weighted by Crippen LogP contribution is -2.46. The number of benzene rings is 1. The number of nitrogens with one attached hydrogen (secondary N) is 1. The van der Waals surface area contributed by atoms with Gasteiger partial charge in [0.2, 0.25) is 5.91 Å². The molecule has 2 atom stereocenters. The minimum absolute atomic E-state index is 0.0938. The molecular weight excluding hydrogens is 387 g/mol. The van der Waals surface area contributed by atoms with Crippen LogP contribution in [0.25, 0.3) is 0 Å². The first-order chi connectivity index (χ1) is 14.6. The van der Waals surface area contributed by atoms with Gasteiger partial charge in [-0.05, 0) is 50.2 Å². The number of hydrogen-bond acceptors (Lipinski definition) is 5. The van der Waals surface area contributed by atoms with Crippen LogP contribution in [0.3, 0.4) is 0 Å². The first-order valence-corrected chi connectivity index (χ1v) is 11.1.